The number of hydrogen-bond donors (Lipinski definition) is 1. The minimum Gasteiger partial charge on any atom is -0.372 e. The normalized spacial score (nSPS) is 11.6. The first-order valence-electron chi connectivity index (χ1n) is 5.46. The average Bonchev–Trinajstić information content (AvgIpc) is 2.16. The van der Waals surface area contributed by atoms with Crippen molar-refractivity contribution >= 4 is 21.6 Å². The van der Waals surface area contributed by atoms with Crippen molar-refractivity contribution in [3.63, 3.8) is 0 Å². The molecule has 4 heteroatoms. The van der Waals surface area contributed by atoms with Crippen LogP contribution in [0.15, 0.2) is 22.9 Å². The second-order valence-electron chi connectivity index (χ2n) is 4.93. The number of anilines is 1. The average molecular weight is 286 g/mol. The molecule has 1 rings (SSSR count). The van der Waals surface area contributed by atoms with Crippen LogP contribution in [0, 0.1) is 0 Å². The SMILES string of the molecule is CN(CCNC(C)(C)C)c1ccncc1Br. The zero-order valence-corrected chi connectivity index (χ0v) is 12.0. The molecular weight excluding hydrogens is 266 g/mol. The van der Waals surface area contributed by atoms with E-state index in [4.69, 9.17) is 0 Å². The number of nitrogens with zero attached hydrogens (tertiary/aromatic N) is 2. The maximum atomic E-state index is 4.06. The predicted octanol–water partition coefficient (Wildman–Crippen LogP) is 2.67. The van der Waals surface area contributed by atoms with Gasteiger partial charge >= 0.3 is 0 Å². The van der Waals surface area contributed by atoms with Crippen LogP contribution < -0.4 is 10.2 Å². The smallest absolute Gasteiger partial charge is 0.0592 e. The van der Waals surface area contributed by atoms with E-state index >= 15 is 0 Å². The molecule has 0 bridgehead atoms. The van der Waals surface area contributed by atoms with Gasteiger partial charge < -0.3 is 10.2 Å². The Morgan fingerprint density at radius 2 is 2.12 bits per heavy atom. The second kappa shape index (κ2) is 5.64. The van der Waals surface area contributed by atoms with Crippen LogP contribution in [0.25, 0.3) is 0 Å². The van der Waals surface area contributed by atoms with E-state index in [2.05, 4.69) is 58.9 Å². The molecule has 0 aromatic carbocycles. The van der Waals surface area contributed by atoms with E-state index in [-0.39, 0.29) is 5.54 Å². The lowest BCUT2D eigenvalue weighted by atomic mass is 10.1. The molecule has 0 saturated carbocycles. The van der Waals surface area contributed by atoms with Crippen molar-refractivity contribution in [2.45, 2.75) is 26.3 Å². The fourth-order valence-corrected chi connectivity index (χ4v) is 1.95. The highest BCUT2D eigenvalue weighted by molar-refractivity contribution is 9.10. The molecule has 1 aromatic rings. The van der Waals surface area contributed by atoms with Crippen LogP contribution >= 0.6 is 15.9 Å². The molecule has 0 spiro atoms. The summed E-state index contributed by atoms with van der Waals surface area (Å²) < 4.78 is 1.04. The predicted molar refractivity (Wildman–Crippen MR) is 73.0 cm³/mol. The molecule has 1 N–H and O–H groups in total. The number of rotatable bonds is 4. The molecule has 0 radical (unpaired) electrons. The summed E-state index contributed by atoms with van der Waals surface area (Å²) in [7, 11) is 2.09. The monoisotopic (exact) mass is 285 g/mol. The van der Waals surface area contributed by atoms with Crippen LogP contribution in [0.4, 0.5) is 5.69 Å². The summed E-state index contributed by atoms with van der Waals surface area (Å²) in [6.07, 6.45) is 3.64. The van der Waals surface area contributed by atoms with Crippen LogP contribution in [0.5, 0.6) is 0 Å². The summed E-state index contributed by atoms with van der Waals surface area (Å²) in [5, 5.41) is 3.47. The minimum atomic E-state index is 0.177. The van der Waals surface area contributed by atoms with Gasteiger partial charge in [0, 0.05) is 38.1 Å². The molecule has 0 aliphatic carbocycles. The molecular formula is C12H20BrN3. The Hall–Kier alpha value is -0.610. The number of aromatic nitrogens is 1. The van der Waals surface area contributed by atoms with Gasteiger partial charge in [-0.1, -0.05) is 0 Å². The first kappa shape index (κ1) is 13.5. The van der Waals surface area contributed by atoms with E-state index in [0.717, 1.165) is 17.6 Å². The summed E-state index contributed by atoms with van der Waals surface area (Å²) in [4.78, 5) is 6.27. The second-order valence-corrected chi connectivity index (χ2v) is 5.78. The molecule has 1 heterocycles. The van der Waals surface area contributed by atoms with Crippen molar-refractivity contribution in [2.75, 3.05) is 25.0 Å². The van der Waals surface area contributed by atoms with Crippen LogP contribution in [-0.2, 0) is 0 Å². The van der Waals surface area contributed by atoms with Crippen molar-refractivity contribution in [2.24, 2.45) is 0 Å². The first-order chi connectivity index (χ1) is 7.40. The van der Waals surface area contributed by atoms with Gasteiger partial charge in [0.25, 0.3) is 0 Å². The van der Waals surface area contributed by atoms with Crippen molar-refractivity contribution in [3.8, 4) is 0 Å². The third-order valence-corrected chi connectivity index (χ3v) is 2.88. The van der Waals surface area contributed by atoms with E-state index in [1.54, 1.807) is 0 Å². The number of hydrogen-bond acceptors (Lipinski definition) is 3. The number of likely N-dealkylation sites (N-methyl/N-ethyl adjacent to an activating group) is 1. The highest BCUT2D eigenvalue weighted by Crippen LogP contribution is 2.22. The number of nitrogens with one attached hydrogen (secondary N) is 1. The topological polar surface area (TPSA) is 28.2 Å². The summed E-state index contributed by atoms with van der Waals surface area (Å²) in [5.41, 5.74) is 1.35. The largest absolute Gasteiger partial charge is 0.372 e. The van der Waals surface area contributed by atoms with Gasteiger partial charge in [-0.3, -0.25) is 4.98 Å². The van der Waals surface area contributed by atoms with Gasteiger partial charge in [0.05, 0.1) is 10.2 Å². The quantitative estimate of drug-likeness (QED) is 0.922. The molecule has 0 unspecified atom stereocenters. The van der Waals surface area contributed by atoms with Gasteiger partial charge in [-0.25, -0.2) is 0 Å². The maximum Gasteiger partial charge on any atom is 0.0592 e. The highest BCUT2D eigenvalue weighted by Gasteiger charge is 2.09. The van der Waals surface area contributed by atoms with Gasteiger partial charge in [0.15, 0.2) is 0 Å². The molecule has 1 aromatic heterocycles. The standard InChI is InChI=1S/C12H20BrN3/c1-12(2,3)15-7-8-16(4)11-5-6-14-9-10(11)13/h5-6,9,15H,7-8H2,1-4H3. The Kier molecular flexibility index (Phi) is 4.74. The van der Waals surface area contributed by atoms with Crippen molar-refractivity contribution in [1.82, 2.24) is 10.3 Å². The molecule has 3 nitrogen and oxygen atoms in total. The summed E-state index contributed by atoms with van der Waals surface area (Å²) in [6.45, 7) is 8.47. The third kappa shape index (κ3) is 4.49. The molecule has 0 aliphatic heterocycles. The first-order valence-corrected chi connectivity index (χ1v) is 6.25. The van der Waals surface area contributed by atoms with Crippen molar-refractivity contribution in [1.29, 1.82) is 0 Å². The Morgan fingerprint density at radius 3 is 2.69 bits per heavy atom. The van der Waals surface area contributed by atoms with Crippen molar-refractivity contribution < 1.29 is 0 Å². The lowest BCUT2D eigenvalue weighted by Crippen LogP contribution is -2.40. The Morgan fingerprint density at radius 1 is 1.44 bits per heavy atom. The van der Waals surface area contributed by atoms with Gasteiger partial charge in [-0.15, -0.1) is 0 Å². The third-order valence-electron chi connectivity index (χ3n) is 2.26. The zero-order chi connectivity index (χ0) is 12.2. The zero-order valence-electron chi connectivity index (χ0n) is 10.4. The van der Waals surface area contributed by atoms with E-state index < -0.39 is 0 Å². The van der Waals surface area contributed by atoms with E-state index in [9.17, 15) is 0 Å². The van der Waals surface area contributed by atoms with Gasteiger partial charge in [-0.2, -0.15) is 0 Å². The Bertz CT molecular complexity index is 333. The Labute approximate surface area is 106 Å². The minimum absolute atomic E-state index is 0.177. The van der Waals surface area contributed by atoms with Crippen molar-refractivity contribution in [3.05, 3.63) is 22.9 Å². The van der Waals surface area contributed by atoms with Crippen LogP contribution in [0.3, 0.4) is 0 Å². The van der Waals surface area contributed by atoms with E-state index in [0.29, 0.717) is 0 Å². The summed E-state index contributed by atoms with van der Waals surface area (Å²) in [6, 6.07) is 2.02. The maximum absolute atomic E-state index is 4.06. The van der Waals surface area contributed by atoms with E-state index in [1.807, 2.05) is 18.5 Å². The molecule has 0 atom stereocenters. The summed E-state index contributed by atoms with van der Waals surface area (Å²) in [5.74, 6) is 0. The van der Waals surface area contributed by atoms with Gasteiger partial charge in [-0.05, 0) is 42.8 Å². The summed E-state index contributed by atoms with van der Waals surface area (Å²) >= 11 is 3.50. The fraction of sp³-hybridized carbons (Fsp3) is 0.583. The molecule has 0 amide bonds. The lowest BCUT2D eigenvalue weighted by molar-refractivity contribution is 0.431. The van der Waals surface area contributed by atoms with Crippen LogP contribution in [0.1, 0.15) is 20.8 Å². The molecule has 0 saturated heterocycles. The number of pyridine rings is 1. The van der Waals surface area contributed by atoms with Gasteiger partial charge in [0.1, 0.15) is 0 Å². The molecule has 90 valence electrons. The molecule has 0 fully saturated rings. The molecule has 0 aliphatic rings. The Balaban J connectivity index is 2.47. The van der Waals surface area contributed by atoms with Crippen LogP contribution in [0.2, 0.25) is 0 Å². The van der Waals surface area contributed by atoms with Gasteiger partial charge in [0.2, 0.25) is 0 Å². The fourth-order valence-electron chi connectivity index (χ4n) is 1.40. The highest BCUT2D eigenvalue weighted by atomic mass is 79.9. The van der Waals surface area contributed by atoms with E-state index in [1.165, 1.54) is 5.69 Å². The van der Waals surface area contributed by atoms with Crippen LogP contribution in [-0.4, -0.2) is 30.7 Å². The number of halogens is 1. The molecule has 16 heavy (non-hydrogen) atoms. The lowest BCUT2D eigenvalue weighted by Gasteiger charge is -2.25.